The van der Waals surface area contributed by atoms with Crippen LogP contribution in [0.5, 0.6) is 5.75 Å². The minimum absolute atomic E-state index is 0.000969. The van der Waals surface area contributed by atoms with Crippen molar-refractivity contribution < 1.29 is 26.3 Å². The minimum atomic E-state index is -4.19. The number of halogens is 3. The number of ether oxygens (including phenoxy) is 1. The average Bonchev–Trinajstić information content (AvgIpc) is 2.95. The van der Waals surface area contributed by atoms with E-state index in [0.717, 1.165) is 11.8 Å². The number of hydrogen-bond donors (Lipinski definition) is 2. The van der Waals surface area contributed by atoms with Crippen molar-refractivity contribution in [1.29, 1.82) is 0 Å². The molecular formula is C24H28F3N3O3S2. The van der Waals surface area contributed by atoms with E-state index in [4.69, 9.17) is 17.0 Å². The highest BCUT2D eigenvalue weighted by Crippen LogP contribution is 2.34. The van der Waals surface area contributed by atoms with Gasteiger partial charge in [0.25, 0.3) is 0 Å². The molecule has 0 amide bonds. The van der Waals surface area contributed by atoms with Crippen molar-refractivity contribution in [3.63, 3.8) is 0 Å². The number of sulfone groups is 1. The molecule has 1 atom stereocenters. The zero-order valence-corrected chi connectivity index (χ0v) is 21.3. The van der Waals surface area contributed by atoms with Crippen molar-refractivity contribution >= 4 is 50.4 Å². The Balaban J connectivity index is 1.77. The summed E-state index contributed by atoms with van der Waals surface area (Å²) in [7, 11) is -3.45. The number of alkyl halides is 3. The Bertz CT molecular complexity index is 1210. The highest BCUT2D eigenvalue weighted by molar-refractivity contribution is 7.90. The molecule has 2 aromatic carbocycles. The topological polar surface area (TPSA) is 79.8 Å². The third kappa shape index (κ3) is 7.93. The van der Waals surface area contributed by atoms with E-state index in [9.17, 15) is 21.6 Å². The molecule has 11 heteroatoms. The molecule has 0 radical (unpaired) electrons. The van der Waals surface area contributed by atoms with Crippen molar-refractivity contribution in [2.45, 2.75) is 56.7 Å². The van der Waals surface area contributed by atoms with Crippen LogP contribution in [0.25, 0.3) is 0 Å². The van der Waals surface area contributed by atoms with Crippen LogP contribution in [0.1, 0.15) is 38.7 Å². The van der Waals surface area contributed by atoms with Crippen LogP contribution >= 0.6 is 12.2 Å². The predicted molar refractivity (Wildman–Crippen MR) is 137 cm³/mol. The lowest BCUT2D eigenvalue weighted by molar-refractivity contribution is -0.136. The van der Waals surface area contributed by atoms with Gasteiger partial charge in [0.05, 0.1) is 22.4 Å². The smallest absolute Gasteiger partial charge is 0.389 e. The highest BCUT2D eigenvalue weighted by atomic mass is 32.2. The van der Waals surface area contributed by atoms with Crippen LogP contribution in [0, 0.1) is 5.92 Å². The summed E-state index contributed by atoms with van der Waals surface area (Å²) in [5, 5.41) is 6.34. The van der Waals surface area contributed by atoms with Gasteiger partial charge in [0.1, 0.15) is 5.75 Å². The van der Waals surface area contributed by atoms with Crippen LogP contribution in [0.2, 0.25) is 0 Å². The molecule has 0 saturated heterocycles. The summed E-state index contributed by atoms with van der Waals surface area (Å²) < 4.78 is 67.7. The third-order valence-corrected chi connectivity index (χ3v) is 6.69. The number of rotatable bonds is 7. The zero-order valence-electron chi connectivity index (χ0n) is 19.6. The van der Waals surface area contributed by atoms with E-state index in [0.29, 0.717) is 35.7 Å². The molecule has 190 valence electrons. The summed E-state index contributed by atoms with van der Waals surface area (Å²) in [6.45, 7) is 3.71. The van der Waals surface area contributed by atoms with Crippen LogP contribution in [0.15, 0.2) is 46.3 Å². The molecule has 35 heavy (non-hydrogen) atoms. The van der Waals surface area contributed by atoms with Gasteiger partial charge in [0, 0.05) is 30.1 Å². The fourth-order valence-electron chi connectivity index (χ4n) is 3.70. The first-order valence-corrected chi connectivity index (χ1v) is 13.4. The molecule has 1 aliphatic rings. The summed E-state index contributed by atoms with van der Waals surface area (Å²) in [4.78, 5) is 4.54. The second kappa shape index (κ2) is 10.9. The van der Waals surface area contributed by atoms with Gasteiger partial charge in [-0.3, -0.25) is 4.99 Å². The lowest BCUT2D eigenvalue weighted by Gasteiger charge is -2.19. The molecule has 0 spiro atoms. The Kier molecular flexibility index (Phi) is 8.42. The first kappa shape index (κ1) is 26.9. The molecular weight excluding hydrogens is 499 g/mol. The van der Waals surface area contributed by atoms with Crippen LogP contribution in [-0.2, 0) is 16.3 Å². The Morgan fingerprint density at radius 3 is 2.57 bits per heavy atom. The monoisotopic (exact) mass is 527 g/mol. The molecule has 6 nitrogen and oxygen atoms in total. The maximum atomic E-state index is 12.6. The highest BCUT2D eigenvalue weighted by Gasteiger charge is 2.28. The van der Waals surface area contributed by atoms with E-state index in [1.54, 1.807) is 18.3 Å². The zero-order chi connectivity index (χ0) is 25.8. The van der Waals surface area contributed by atoms with Crippen molar-refractivity contribution in [3.8, 4) is 5.75 Å². The fourth-order valence-corrected chi connectivity index (χ4v) is 4.57. The van der Waals surface area contributed by atoms with E-state index < -0.39 is 22.4 Å². The van der Waals surface area contributed by atoms with Crippen LogP contribution < -0.4 is 15.4 Å². The van der Waals surface area contributed by atoms with Gasteiger partial charge in [-0.25, -0.2) is 8.42 Å². The van der Waals surface area contributed by atoms with E-state index in [1.165, 1.54) is 12.1 Å². The molecule has 0 aromatic heterocycles. The minimum Gasteiger partial charge on any atom is -0.489 e. The maximum absolute atomic E-state index is 12.6. The molecule has 2 aromatic rings. The lowest BCUT2D eigenvalue weighted by atomic mass is 9.96. The van der Waals surface area contributed by atoms with Crippen molar-refractivity contribution in [1.82, 2.24) is 0 Å². The molecule has 0 aliphatic carbocycles. The number of fused-ring (bicyclic) bond motifs is 1. The molecule has 0 fully saturated rings. The predicted octanol–water partition coefficient (Wildman–Crippen LogP) is 6.29. The van der Waals surface area contributed by atoms with E-state index in [2.05, 4.69) is 15.6 Å². The van der Waals surface area contributed by atoms with Crippen LogP contribution in [-0.4, -0.2) is 38.3 Å². The quantitative estimate of drug-likeness (QED) is 0.412. The number of aliphatic imine (C=N–C) groups is 1. The van der Waals surface area contributed by atoms with Crippen molar-refractivity contribution in [3.05, 3.63) is 42.0 Å². The number of anilines is 2. The fraction of sp³-hybridized carbons (Fsp3) is 0.417. The van der Waals surface area contributed by atoms with Gasteiger partial charge in [0.15, 0.2) is 14.9 Å². The van der Waals surface area contributed by atoms with Gasteiger partial charge in [-0.1, -0.05) is 6.07 Å². The van der Waals surface area contributed by atoms with Gasteiger partial charge in [-0.05, 0) is 81.6 Å². The Hall–Kier alpha value is -2.66. The summed E-state index contributed by atoms with van der Waals surface area (Å²) in [6, 6.07) is 9.92. The summed E-state index contributed by atoms with van der Waals surface area (Å²) >= 11 is 5.48. The van der Waals surface area contributed by atoms with Gasteiger partial charge < -0.3 is 15.4 Å². The molecule has 1 unspecified atom stereocenters. The van der Waals surface area contributed by atoms with Gasteiger partial charge >= 0.3 is 6.18 Å². The summed E-state index contributed by atoms with van der Waals surface area (Å²) in [5.41, 5.74) is 2.60. The van der Waals surface area contributed by atoms with Gasteiger partial charge in [-0.2, -0.15) is 13.2 Å². The van der Waals surface area contributed by atoms with Crippen molar-refractivity contribution in [2.75, 3.05) is 16.9 Å². The molecule has 0 saturated carbocycles. The molecule has 1 aliphatic heterocycles. The van der Waals surface area contributed by atoms with Gasteiger partial charge in [0.2, 0.25) is 0 Å². The molecule has 0 bridgehead atoms. The van der Waals surface area contributed by atoms with Gasteiger partial charge in [-0.15, -0.1) is 0 Å². The van der Waals surface area contributed by atoms with Crippen LogP contribution in [0.3, 0.4) is 0 Å². The molecule has 2 N–H and O–H groups in total. The number of nitrogens with zero attached hydrogens (tertiary/aromatic N) is 1. The maximum Gasteiger partial charge on any atom is 0.389 e. The SMILES string of the molecule is CC(C)Oc1ccc(S(C)(=O)=O)cc1NC(=S)Nc1cccc2c1CCC(CCC(F)(F)F)C=N2. The summed E-state index contributed by atoms with van der Waals surface area (Å²) in [5.74, 6) is 0.178. The first-order valence-electron chi connectivity index (χ1n) is 11.1. The van der Waals surface area contributed by atoms with Crippen molar-refractivity contribution in [2.24, 2.45) is 10.9 Å². The second-order valence-electron chi connectivity index (χ2n) is 8.71. The Morgan fingerprint density at radius 2 is 1.91 bits per heavy atom. The average molecular weight is 528 g/mol. The Labute approximate surface area is 208 Å². The number of nitrogens with one attached hydrogen (secondary N) is 2. The first-order chi connectivity index (χ1) is 16.3. The Morgan fingerprint density at radius 1 is 1.20 bits per heavy atom. The normalized spacial score (nSPS) is 15.9. The number of thiocarbonyl (C=S) groups is 1. The number of benzene rings is 2. The standard InChI is InChI=1S/C24H28F3N3O3S2/c1-15(2)33-22-10-8-17(35(3,31)32)13-21(22)30-23(34)29-20-6-4-5-19-18(20)9-7-16(14-28-19)11-12-24(25,26)27/h4-6,8,10,13-16H,7,9,11-12H2,1-3H3,(H2,29,30,34). The largest absolute Gasteiger partial charge is 0.489 e. The van der Waals surface area contributed by atoms with E-state index in [1.807, 2.05) is 26.0 Å². The molecule has 1 heterocycles. The number of hydrogen-bond acceptors (Lipinski definition) is 5. The molecule has 3 rings (SSSR count). The summed E-state index contributed by atoms with van der Waals surface area (Å²) in [6.07, 6.45) is -1.38. The second-order valence-corrected chi connectivity index (χ2v) is 11.1. The lowest BCUT2D eigenvalue weighted by Crippen LogP contribution is -2.21. The van der Waals surface area contributed by atoms with Crippen LogP contribution in [0.4, 0.5) is 30.2 Å². The van der Waals surface area contributed by atoms with E-state index >= 15 is 0 Å². The van der Waals surface area contributed by atoms with E-state index in [-0.39, 0.29) is 28.5 Å². The third-order valence-electron chi connectivity index (χ3n) is 5.38.